The van der Waals surface area contributed by atoms with Gasteiger partial charge in [0.2, 0.25) is 10.0 Å². The molecule has 0 atom stereocenters. The summed E-state index contributed by atoms with van der Waals surface area (Å²) in [4.78, 5) is 9.87. The standard InChI is InChI=1S/C7H7NO5S/c8-14(12,13)6-3-4(7(10)11)1-2-5(6)9/h1-3,9H,(H,10,11)(H2,8,12,13). The average Bonchev–Trinajstić information content (AvgIpc) is 2.02. The number of phenolic OH excluding ortho intramolecular Hbond substituents is 1. The van der Waals surface area contributed by atoms with Crippen molar-refractivity contribution in [2.75, 3.05) is 0 Å². The number of aromatic carboxylic acids is 1. The molecule has 0 amide bonds. The number of phenols is 1. The van der Waals surface area contributed by atoms with Crippen LogP contribution in [0.2, 0.25) is 0 Å². The van der Waals surface area contributed by atoms with Gasteiger partial charge in [-0.05, 0) is 18.2 Å². The number of sulfonamides is 1. The molecular formula is C7H7NO5S. The maximum absolute atomic E-state index is 10.9. The summed E-state index contributed by atoms with van der Waals surface area (Å²) in [5.74, 6) is -1.87. The van der Waals surface area contributed by atoms with E-state index in [9.17, 15) is 13.2 Å². The molecule has 0 aromatic heterocycles. The third kappa shape index (κ3) is 2.01. The van der Waals surface area contributed by atoms with E-state index in [1.54, 1.807) is 0 Å². The summed E-state index contributed by atoms with van der Waals surface area (Å²) in [7, 11) is -4.10. The summed E-state index contributed by atoms with van der Waals surface area (Å²) >= 11 is 0. The van der Waals surface area contributed by atoms with Crippen LogP contribution in [0.3, 0.4) is 0 Å². The van der Waals surface area contributed by atoms with Crippen LogP contribution in [-0.2, 0) is 10.0 Å². The van der Waals surface area contributed by atoms with Gasteiger partial charge in [-0.3, -0.25) is 0 Å². The van der Waals surface area contributed by atoms with Crippen LogP contribution in [0.25, 0.3) is 0 Å². The van der Waals surface area contributed by atoms with E-state index in [-0.39, 0.29) is 5.56 Å². The lowest BCUT2D eigenvalue weighted by molar-refractivity contribution is 0.0696. The van der Waals surface area contributed by atoms with Crippen LogP contribution in [-0.4, -0.2) is 24.6 Å². The Kier molecular flexibility index (Phi) is 2.45. The first-order chi connectivity index (χ1) is 6.32. The SMILES string of the molecule is NS(=O)(=O)c1cc(C(=O)O)ccc1O. The Bertz CT molecular complexity index is 479. The van der Waals surface area contributed by atoms with E-state index < -0.39 is 26.6 Å². The van der Waals surface area contributed by atoms with Crippen LogP contribution >= 0.6 is 0 Å². The Balaban J connectivity index is 3.44. The summed E-state index contributed by atoms with van der Waals surface area (Å²) in [6, 6.07) is 2.84. The summed E-state index contributed by atoms with van der Waals surface area (Å²) in [6.45, 7) is 0. The number of carbonyl (C=O) groups is 1. The van der Waals surface area contributed by atoms with Crippen LogP contribution < -0.4 is 5.14 Å². The van der Waals surface area contributed by atoms with E-state index in [1.165, 1.54) is 0 Å². The third-order valence-corrected chi connectivity index (χ3v) is 2.45. The molecular weight excluding hydrogens is 210 g/mol. The molecule has 0 saturated carbocycles. The van der Waals surface area contributed by atoms with E-state index >= 15 is 0 Å². The number of benzene rings is 1. The smallest absolute Gasteiger partial charge is 0.335 e. The molecule has 0 radical (unpaired) electrons. The van der Waals surface area contributed by atoms with E-state index in [1.807, 2.05) is 0 Å². The van der Waals surface area contributed by atoms with Crippen molar-refractivity contribution in [3.63, 3.8) is 0 Å². The normalized spacial score (nSPS) is 11.2. The largest absolute Gasteiger partial charge is 0.507 e. The molecule has 0 bridgehead atoms. The van der Waals surface area contributed by atoms with Crippen molar-refractivity contribution in [1.82, 2.24) is 0 Å². The van der Waals surface area contributed by atoms with Crippen molar-refractivity contribution in [1.29, 1.82) is 0 Å². The lowest BCUT2D eigenvalue weighted by atomic mass is 10.2. The van der Waals surface area contributed by atoms with Crippen molar-refractivity contribution in [3.8, 4) is 5.75 Å². The molecule has 0 heterocycles. The van der Waals surface area contributed by atoms with E-state index in [4.69, 9.17) is 15.4 Å². The molecule has 0 aliphatic rings. The summed E-state index contributed by atoms with van der Waals surface area (Å²) < 4.78 is 21.7. The first kappa shape index (κ1) is 10.5. The molecule has 6 nitrogen and oxygen atoms in total. The molecule has 76 valence electrons. The maximum Gasteiger partial charge on any atom is 0.335 e. The maximum atomic E-state index is 10.9. The molecule has 0 spiro atoms. The predicted octanol–water partition coefficient (Wildman–Crippen LogP) is -0.262. The highest BCUT2D eigenvalue weighted by atomic mass is 32.2. The van der Waals surface area contributed by atoms with Crippen LogP contribution in [0.4, 0.5) is 0 Å². The molecule has 1 aromatic rings. The number of primary sulfonamides is 1. The minimum Gasteiger partial charge on any atom is -0.507 e. The number of hydrogen-bond acceptors (Lipinski definition) is 4. The Morgan fingerprint density at radius 1 is 1.36 bits per heavy atom. The Labute approximate surface area is 79.6 Å². The van der Waals surface area contributed by atoms with Gasteiger partial charge in [0.15, 0.2) is 0 Å². The van der Waals surface area contributed by atoms with Crippen LogP contribution in [0.15, 0.2) is 23.1 Å². The second-order valence-corrected chi connectivity index (χ2v) is 4.06. The van der Waals surface area contributed by atoms with Gasteiger partial charge >= 0.3 is 5.97 Å². The number of hydrogen-bond donors (Lipinski definition) is 3. The number of rotatable bonds is 2. The van der Waals surface area contributed by atoms with Gasteiger partial charge < -0.3 is 10.2 Å². The highest BCUT2D eigenvalue weighted by Crippen LogP contribution is 2.22. The van der Waals surface area contributed by atoms with Gasteiger partial charge in [-0.15, -0.1) is 0 Å². The van der Waals surface area contributed by atoms with Crippen molar-refractivity contribution in [2.45, 2.75) is 4.90 Å². The Morgan fingerprint density at radius 3 is 2.36 bits per heavy atom. The van der Waals surface area contributed by atoms with Crippen molar-refractivity contribution in [2.24, 2.45) is 5.14 Å². The first-order valence-corrected chi connectivity index (χ1v) is 4.96. The lowest BCUT2D eigenvalue weighted by Gasteiger charge is -2.02. The minimum atomic E-state index is -4.10. The van der Waals surface area contributed by atoms with Gasteiger partial charge in [-0.1, -0.05) is 0 Å². The van der Waals surface area contributed by atoms with Crippen LogP contribution in [0.1, 0.15) is 10.4 Å². The second-order valence-electron chi connectivity index (χ2n) is 2.53. The summed E-state index contributed by atoms with van der Waals surface area (Å²) in [6.07, 6.45) is 0. The fraction of sp³-hybridized carbons (Fsp3) is 0. The van der Waals surface area contributed by atoms with Gasteiger partial charge in [0.1, 0.15) is 10.6 Å². The van der Waals surface area contributed by atoms with Gasteiger partial charge in [0.05, 0.1) is 5.56 Å². The molecule has 1 rings (SSSR count). The minimum absolute atomic E-state index is 0.258. The highest BCUT2D eigenvalue weighted by Gasteiger charge is 2.16. The molecule has 0 aliphatic carbocycles. The molecule has 14 heavy (non-hydrogen) atoms. The van der Waals surface area contributed by atoms with Gasteiger partial charge in [-0.25, -0.2) is 18.4 Å². The monoisotopic (exact) mass is 217 g/mol. The van der Waals surface area contributed by atoms with Crippen molar-refractivity contribution in [3.05, 3.63) is 23.8 Å². The summed E-state index contributed by atoms with van der Waals surface area (Å²) in [5.41, 5.74) is -0.258. The lowest BCUT2D eigenvalue weighted by Crippen LogP contribution is -2.13. The van der Waals surface area contributed by atoms with Crippen molar-refractivity contribution >= 4 is 16.0 Å². The fourth-order valence-corrected chi connectivity index (χ4v) is 1.53. The van der Waals surface area contributed by atoms with E-state index in [2.05, 4.69) is 0 Å². The molecule has 1 aromatic carbocycles. The topological polar surface area (TPSA) is 118 Å². The van der Waals surface area contributed by atoms with Crippen LogP contribution in [0, 0.1) is 0 Å². The number of carboxylic acids is 1. The zero-order chi connectivity index (χ0) is 10.9. The quantitative estimate of drug-likeness (QED) is 0.630. The Hall–Kier alpha value is -1.60. The van der Waals surface area contributed by atoms with Gasteiger partial charge in [0, 0.05) is 0 Å². The third-order valence-electron chi connectivity index (χ3n) is 1.51. The van der Waals surface area contributed by atoms with Gasteiger partial charge in [-0.2, -0.15) is 0 Å². The zero-order valence-corrected chi connectivity index (χ0v) is 7.65. The van der Waals surface area contributed by atoms with E-state index in [0.717, 1.165) is 18.2 Å². The molecule has 4 N–H and O–H groups in total. The van der Waals surface area contributed by atoms with Crippen molar-refractivity contribution < 1.29 is 23.4 Å². The van der Waals surface area contributed by atoms with Gasteiger partial charge in [0.25, 0.3) is 0 Å². The number of aromatic hydroxyl groups is 1. The number of carboxylic acid groups (broad SMARTS) is 1. The van der Waals surface area contributed by atoms with E-state index in [0.29, 0.717) is 0 Å². The Morgan fingerprint density at radius 2 is 1.93 bits per heavy atom. The molecule has 0 saturated heterocycles. The molecule has 0 aliphatic heterocycles. The highest BCUT2D eigenvalue weighted by molar-refractivity contribution is 7.89. The molecule has 0 fully saturated rings. The number of nitrogens with two attached hydrogens (primary N) is 1. The second kappa shape index (κ2) is 3.28. The van der Waals surface area contributed by atoms with Crippen LogP contribution in [0.5, 0.6) is 5.75 Å². The molecule has 0 unspecified atom stereocenters. The molecule has 7 heteroatoms. The fourth-order valence-electron chi connectivity index (χ4n) is 0.875. The zero-order valence-electron chi connectivity index (χ0n) is 6.84. The predicted molar refractivity (Wildman–Crippen MR) is 46.4 cm³/mol. The first-order valence-electron chi connectivity index (χ1n) is 3.41. The summed E-state index contributed by atoms with van der Waals surface area (Å²) in [5, 5.41) is 22.4. The average molecular weight is 217 g/mol.